The molecule has 1 aliphatic carbocycles. The summed E-state index contributed by atoms with van der Waals surface area (Å²) in [5.41, 5.74) is 7.28. The zero-order valence-corrected chi connectivity index (χ0v) is 9.76. The van der Waals surface area contributed by atoms with Crippen LogP contribution < -0.4 is 11.1 Å². The monoisotopic (exact) mass is 231 g/mol. The number of hydrogen-bond donors (Lipinski definition) is 2. The lowest BCUT2D eigenvalue weighted by Crippen LogP contribution is -2.16. The topological polar surface area (TPSA) is 68.2 Å². The normalized spacial score (nSPS) is 16.8. The Hall–Kier alpha value is -1.62. The molecule has 0 aromatic carbocycles. The van der Waals surface area contributed by atoms with Crippen molar-refractivity contribution in [1.82, 2.24) is 14.6 Å². The third-order valence-corrected chi connectivity index (χ3v) is 3.29. The molecule has 0 aliphatic heterocycles. The molecule has 0 amide bonds. The van der Waals surface area contributed by atoms with Crippen LogP contribution in [0.5, 0.6) is 0 Å². The molecule has 3 rings (SSSR count). The molecule has 0 bridgehead atoms. The predicted molar refractivity (Wildman–Crippen MR) is 66.8 cm³/mol. The SMILES string of the molecule is NCc1cn2nc(NC3CCCC3)ccc2n1. The largest absolute Gasteiger partial charge is 0.366 e. The van der Waals surface area contributed by atoms with E-state index >= 15 is 0 Å². The summed E-state index contributed by atoms with van der Waals surface area (Å²) in [5, 5.41) is 7.96. The molecular weight excluding hydrogens is 214 g/mol. The Labute approximate surface area is 100 Å². The zero-order chi connectivity index (χ0) is 11.7. The Morgan fingerprint density at radius 1 is 1.35 bits per heavy atom. The summed E-state index contributed by atoms with van der Waals surface area (Å²) in [5.74, 6) is 0.922. The molecule has 1 aliphatic rings. The van der Waals surface area contributed by atoms with Gasteiger partial charge in [0.1, 0.15) is 5.82 Å². The van der Waals surface area contributed by atoms with Crippen molar-refractivity contribution in [3.8, 4) is 0 Å². The fraction of sp³-hybridized carbons (Fsp3) is 0.500. The standard InChI is InChI=1S/C12H17N5/c13-7-10-8-17-12(15-10)6-5-11(16-17)14-9-3-1-2-4-9/h5-6,8-9H,1-4,7,13H2,(H,14,16). The van der Waals surface area contributed by atoms with Gasteiger partial charge in [0.15, 0.2) is 5.65 Å². The molecule has 1 saturated carbocycles. The van der Waals surface area contributed by atoms with Gasteiger partial charge in [0.05, 0.1) is 11.9 Å². The van der Waals surface area contributed by atoms with Gasteiger partial charge in [-0.15, -0.1) is 5.10 Å². The van der Waals surface area contributed by atoms with Gasteiger partial charge >= 0.3 is 0 Å². The third-order valence-electron chi connectivity index (χ3n) is 3.29. The van der Waals surface area contributed by atoms with Gasteiger partial charge in [-0.1, -0.05) is 12.8 Å². The second kappa shape index (κ2) is 4.33. The first-order chi connectivity index (χ1) is 8.35. The van der Waals surface area contributed by atoms with Crippen LogP contribution in [0.2, 0.25) is 0 Å². The first kappa shape index (κ1) is 10.5. The van der Waals surface area contributed by atoms with Crippen molar-refractivity contribution in [1.29, 1.82) is 0 Å². The highest BCUT2D eigenvalue weighted by Gasteiger charge is 2.15. The maximum Gasteiger partial charge on any atom is 0.153 e. The fourth-order valence-corrected chi connectivity index (χ4v) is 2.39. The van der Waals surface area contributed by atoms with Crippen LogP contribution >= 0.6 is 0 Å². The van der Waals surface area contributed by atoms with Crippen molar-refractivity contribution in [2.75, 3.05) is 5.32 Å². The van der Waals surface area contributed by atoms with E-state index in [0.717, 1.165) is 17.2 Å². The lowest BCUT2D eigenvalue weighted by atomic mass is 10.2. The van der Waals surface area contributed by atoms with E-state index in [-0.39, 0.29) is 0 Å². The third kappa shape index (κ3) is 2.10. The second-order valence-electron chi connectivity index (χ2n) is 4.58. The fourth-order valence-electron chi connectivity index (χ4n) is 2.39. The van der Waals surface area contributed by atoms with Gasteiger partial charge in [-0.2, -0.15) is 0 Å². The molecular formula is C12H17N5. The van der Waals surface area contributed by atoms with Crippen LogP contribution in [0.4, 0.5) is 5.82 Å². The van der Waals surface area contributed by atoms with Gasteiger partial charge in [0.2, 0.25) is 0 Å². The summed E-state index contributed by atoms with van der Waals surface area (Å²) in [6, 6.07) is 4.54. The number of fused-ring (bicyclic) bond motifs is 1. The molecule has 2 aromatic heterocycles. The minimum Gasteiger partial charge on any atom is -0.366 e. The van der Waals surface area contributed by atoms with Crippen molar-refractivity contribution in [3.63, 3.8) is 0 Å². The minimum absolute atomic E-state index is 0.453. The minimum atomic E-state index is 0.453. The highest BCUT2D eigenvalue weighted by molar-refractivity contribution is 5.45. The molecule has 0 saturated heterocycles. The zero-order valence-electron chi connectivity index (χ0n) is 9.76. The summed E-state index contributed by atoms with van der Waals surface area (Å²) in [4.78, 5) is 4.35. The molecule has 0 atom stereocenters. The van der Waals surface area contributed by atoms with E-state index in [1.165, 1.54) is 25.7 Å². The Morgan fingerprint density at radius 2 is 2.18 bits per heavy atom. The number of hydrogen-bond acceptors (Lipinski definition) is 4. The molecule has 0 radical (unpaired) electrons. The lowest BCUT2D eigenvalue weighted by Gasteiger charge is -2.11. The Bertz CT molecular complexity index is 513. The molecule has 90 valence electrons. The van der Waals surface area contributed by atoms with E-state index in [2.05, 4.69) is 15.4 Å². The van der Waals surface area contributed by atoms with Gasteiger partial charge in [-0.3, -0.25) is 0 Å². The summed E-state index contributed by atoms with van der Waals surface area (Å²) in [6.45, 7) is 0.453. The Kier molecular flexibility index (Phi) is 2.68. The molecule has 1 fully saturated rings. The van der Waals surface area contributed by atoms with Crippen molar-refractivity contribution in [3.05, 3.63) is 24.0 Å². The number of rotatable bonds is 3. The van der Waals surface area contributed by atoms with Gasteiger partial charge in [-0.25, -0.2) is 9.50 Å². The number of aromatic nitrogens is 3. The number of nitrogens with one attached hydrogen (secondary N) is 1. The molecule has 5 nitrogen and oxygen atoms in total. The second-order valence-corrected chi connectivity index (χ2v) is 4.58. The predicted octanol–water partition coefficient (Wildman–Crippen LogP) is 1.54. The molecule has 2 aromatic rings. The number of nitrogens with zero attached hydrogens (tertiary/aromatic N) is 3. The summed E-state index contributed by atoms with van der Waals surface area (Å²) >= 11 is 0. The molecule has 0 spiro atoms. The van der Waals surface area contributed by atoms with Gasteiger partial charge in [0, 0.05) is 12.6 Å². The number of nitrogens with two attached hydrogens (primary N) is 1. The highest BCUT2D eigenvalue weighted by Crippen LogP contribution is 2.21. The van der Waals surface area contributed by atoms with Gasteiger partial charge < -0.3 is 11.1 Å². The quantitative estimate of drug-likeness (QED) is 0.840. The van der Waals surface area contributed by atoms with Crippen molar-refractivity contribution in [2.24, 2.45) is 5.73 Å². The molecule has 5 heteroatoms. The average Bonchev–Trinajstić information content (AvgIpc) is 2.96. The Morgan fingerprint density at radius 3 is 2.94 bits per heavy atom. The van der Waals surface area contributed by atoms with E-state index < -0.39 is 0 Å². The highest BCUT2D eigenvalue weighted by atomic mass is 15.3. The van der Waals surface area contributed by atoms with Crippen LogP contribution in [0, 0.1) is 0 Å². The van der Waals surface area contributed by atoms with Crippen LogP contribution in [-0.4, -0.2) is 20.6 Å². The number of anilines is 1. The smallest absolute Gasteiger partial charge is 0.153 e. The van der Waals surface area contributed by atoms with Crippen LogP contribution in [0.1, 0.15) is 31.4 Å². The van der Waals surface area contributed by atoms with Crippen molar-refractivity contribution in [2.45, 2.75) is 38.3 Å². The van der Waals surface area contributed by atoms with E-state index in [1.807, 2.05) is 18.3 Å². The lowest BCUT2D eigenvalue weighted by molar-refractivity contribution is 0.743. The van der Waals surface area contributed by atoms with E-state index in [4.69, 9.17) is 5.73 Å². The molecule has 17 heavy (non-hydrogen) atoms. The average molecular weight is 231 g/mol. The molecule has 0 unspecified atom stereocenters. The summed E-state index contributed by atoms with van der Waals surface area (Å²) in [7, 11) is 0. The first-order valence-corrected chi connectivity index (χ1v) is 6.17. The van der Waals surface area contributed by atoms with Crippen LogP contribution in [0.15, 0.2) is 18.3 Å². The van der Waals surface area contributed by atoms with Crippen LogP contribution in [0.25, 0.3) is 5.65 Å². The first-order valence-electron chi connectivity index (χ1n) is 6.17. The molecule has 3 N–H and O–H groups in total. The maximum atomic E-state index is 5.56. The van der Waals surface area contributed by atoms with E-state index in [9.17, 15) is 0 Å². The van der Waals surface area contributed by atoms with Gasteiger partial charge in [-0.05, 0) is 25.0 Å². The van der Waals surface area contributed by atoms with E-state index in [0.29, 0.717) is 12.6 Å². The van der Waals surface area contributed by atoms with Gasteiger partial charge in [0.25, 0.3) is 0 Å². The van der Waals surface area contributed by atoms with Crippen molar-refractivity contribution >= 4 is 11.5 Å². The number of imidazole rings is 1. The maximum absolute atomic E-state index is 5.56. The summed E-state index contributed by atoms with van der Waals surface area (Å²) < 4.78 is 1.79. The van der Waals surface area contributed by atoms with E-state index in [1.54, 1.807) is 4.52 Å². The molecule has 2 heterocycles. The Balaban J connectivity index is 1.84. The van der Waals surface area contributed by atoms with Crippen LogP contribution in [-0.2, 0) is 6.54 Å². The van der Waals surface area contributed by atoms with Crippen molar-refractivity contribution < 1.29 is 0 Å². The van der Waals surface area contributed by atoms with Crippen LogP contribution in [0.3, 0.4) is 0 Å². The summed E-state index contributed by atoms with van der Waals surface area (Å²) in [6.07, 6.45) is 7.02.